The Hall–Kier alpha value is -2.91. The molecule has 9 heteroatoms. The molecule has 3 rings (SSSR count). The molecule has 8 nitrogen and oxygen atoms in total. The van der Waals surface area contributed by atoms with Gasteiger partial charge in [-0.2, -0.15) is 4.68 Å². The molecule has 0 fully saturated rings. The normalized spacial score (nSPS) is 11.8. The van der Waals surface area contributed by atoms with E-state index in [1.807, 2.05) is 31.2 Å². The number of para-hydroxylation sites is 2. The van der Waals surface area contributed by atoms with Crippen LogP contribution in [0, 0.1) is 0 Å². The number of aliphatic hydroxyl groups is 1. The van der Waals surface area contributed by atoms with Gasteiger partial charge < -0.3 is 14.6 Å². The van der Waals surface area contributed by atoms with Crippen molar-refractivity contribution in [2.45, 2.75) is 25.1 Å². The summed E-state index contributed by atoms with van der Waals surface area (Å²) in [6, 6.07) is 14.3. The summed E-state index contributed by atoms with van der Waals surface area (Å²) in [4.78, 5) is 11.3. The minimum Gasteiger partial charge on any atom is -0.492 e. The quantitative estimate of drug-likeness (QED) is 0.399. The number of hydrogen-bond acceptors (Lipinski definition) is 8. The van der Waals surface area contributed by atoms with E-state index in [2.05, 4.69) is 15.5 Å². The largest absolute Gasteiger partial charge is 0.492 e. The van der Waals surface area contributed by atoms with Gasteiger partial charge in [-0.05, 0) is 60.7 Å². The molecular weight excluding hydrogens is 392 g/mol. The van der Waals surface area contributed by atoms with Gasteiger partial charge in [0.1, 0.15) is 23.8 Å². The van der Waals surface area contributed by atoms with E-state index in [9.17, 15) is 9.90 Å². The molecule has 29 heavy (non-hydrogen) atoms. The zero-order valence-corrected chi connectivity index (χ0v) is 17.0. The molecule has 1 aromatic heterocycles. The van der Waals surface area contributed by atoms with E-state index in [-0.39, 0.29) is 12.4 Å². The van der Waals surface area contributed by atoms with Crippen LogP contribution in [0.1, 0.15) is 24.2 Å². The maximum atomic E-state index is 11.3. The van der Waals surface area contributed by atoms with Crippen molar-refractivity contribution >= 4 is 17.5 Å². The fourth-order valence-corrected chi connectivity index (χ4v) is 3.32. The van der Waals surface area contributed by atoms with Crippen molar-refractivity contribution in [3.05, 3.63) is 54.1 Å². The maximum Gasteiger partial charge on any atom is 0.214 e. The van der Waals surface area contributed by atoms with Gasteiger partial charge in [0, 0.05) is 11.3 Å². The Balaban J connectivity index is 1.57. The second-order valence-corrected chi connectivity index (χ2v) is 7.12. The topological polar surface area (TPSA) is 99.4 Å². The Morgan fingerprint density at radius 2 is 1.93 bits per heavy atom. The average Bonchev–Trinajstić information content (AvgIpc) is 3.20. The molecule has 0 aliphatic carbocycles. The van der Waals surface area contributed by atoms with Crippen molar-refractivity contribution < 1.29 is 19.4 Å². The monoisotopic (exact) mass is 414 g/mol. The van der Waals surface area contributed by atoms with Crippen LogP contribution in [0.15, 0.2) is 53.7 Å². The maximum absolute atomic E-state index is 11.3. The number of nitrogens with zero attached hydrogens (tertiary/aromatic N) is 4. The van der Waals surface area contributed by atoms with E-state index < -0.39 is 6.10 Å². The number of rotatable bonds is 10. The third-order valence-electron chi connectivity index (χ3n) is 3.94. The first-order valence-electron chi connectivity index (χ1n) is 9.13. The van der Waals surface area contributed by atoms with Gasteiger partial charge in [-0.3, -0.25) is 4.79 Å². The number of Topliss-reactive ketones (excluding diaryl/α,β-unsaturated/α-hetero) is 1. The Kier molecular flexibility index (Phi) is 7.20. The lowest BCUT2D eigenvalue weighted by atomic mass is 10.1. The Labute approximate surface area is 172 Å². The smallest absolute Gasteiger partial charge is 0.214 e. The number of aromatic nitrogens is 4. The molecule has 2 aromatic carbocycles. The number of aliphatic hydroxyl groups excluding tert-OH is 1. The number of thioether (sulfide) groups is 1. The second kappa shape index (κ2) is 10.0. The number of carbonyl (C=O) groups excluding carboxylic acids is 1. The van der Waals surface area contributed by atoms with E-state index in [1.165, 1.54) is 18.7 Å². The molecule has 0 saturated heterocycles. The molecule has 0 bridgehead atoms. The number of tetrazole rings is 1. The zero-order chi connectivity index (χ0) is 20.6. The van der Waals surface area contributed by atoms with Crippen LogP contribution in [-0.4, -0.2) is 56.2 Å². The van der Waals surface area contributed by atoms with Crippen molar-refractivity contribution in [1.29, 1.82) is 0 Å². The van der Waals surface area contributed by atoms with Gasteiger partial charge in [0.25, 0.3) is 0 Å². The highest BCUT2D eigenvalue weighted by molar-refractivity contribution is 7.99. The number of hydrogen-bond donors (Lipinski definition) is 1. The predicted octanol–water partition coefficient (Wildman–Crippen LogP) is 2.80. The average molecular weight is 414 g/mol. The van der Waals surface area contributed by atoms with Crippen LogP contribution in [-0.2, 0) is 0 Å². The van der Waals surface area contributed by atoms with Crippen LogP contribution in [0.3, 0.4) is 0 Å². The first kappa shape index (κ1) is 20.8. The highest BCUT2D eigenvalue weighted by Gasteiger charge is 2.15. The van der Waals surface area contributed by atoms with Crippen molar-refractivity contribution in [2.75, 3.05) is 19.0 Å². The fraction of sp³-hybridized carbons (Fsp3) is 0.300. The van der Waals surface area contributed by atoms with Crippen molar-refractivity contribution in [1.82, 2.24) is 20.2 Å². The molecule has 0 aliphatic rings. The van der Waals surface area contributed by atoms with Gasteiger partial charge in [-0.25, -0.2) is 0 Å². The minimum absolute atomic E-state index is 0.00313. The molecule has 1 heterocycles. The second-order valence-electron chi connectivity index (χ2n) is 6.13. The van der Waals surface area contributed by atoms with Crippen LogP contribution in [0.4, 0.5) is 0 Å². The molecule has 0 spiro atoms. The van der Waals surface area contributed by atoms with Gasteiger partial charge in [0.05, 0.1) is 12.7 Å². The third kappa shape index (κ3) is 5.55. The Morgan fingerprint density at radius 1 is 1.17 bits per heavy atom. The van der Waals surface area contributed by atoms with E-state index in [0.717, 1.165) is 5.69 Å². The molecule has 0 radical (unpaired) electrons. The lowest BCUT2D eigenvalue weighted by molar-refractivity contribution is 0.101. The highest BCUT2D eigenvalue weighted by Crippen LogP contribution is 2.26. The highest BCUT2D eigenvalue weighted by atomic mass is 32.2. The Bertz CT molecular complexity index is 946. The van der Waals surface area contributed by atoms with Gasteiger partial charge >= 0.3 is 0 Å². The number of benzene rings is 2. The first-order valence-corrected chi connectivity index (χ1v) is 10.1. The zero-order valence-electron chi connectivity index (χ0n) is 16.2. The van der Waals surface area contributed by atoms with E-state index in [4.69, 9.17) is 9.47 Å². The van der Waals surface area contributed by atoms with Crippen molar-refractivity contribution in [3.63, 3.8) is 0 Å². The molecule has 0 amide bonds. The summed E-state index contributed by atoms with van der Waals surface area (Å²) in [7, 11) is 0. The predicted molar refractivity (Wildman–Crippen MR) is 109 cm³/mol. The van der Waals surface area contributed by atoms with E-state index >= 15 is 0 Å². The molecule has 0 saturated carbocycles. The van der Waals surface area contributed by atoms with Crippen molar-refractivity contribution in [3.8, 4) is 17.2 Å². The Morgan fingerprint density at radius 3 is 2.66 bits per heavy atom. The van der Waals surface area contributed by atoms with Gasteiger partial charge in [-0.1, -0.05) is 23.9 Å². The van der Waals surface area contributed by atoms with Gasteiger partial charge in [0.15, 0.2) is 5.78 Å². The lowest BCUT2D eigenvalue weighted by Gasteiger charge is -2.13. The summed E-state index contributed by atoms with van der Waals surface area (Å²) in [5.41, 5.74) is 1.35. The number of ether oxygens (including phenoxy) is 2. The number of ketones is 1. The summed E-state index contributed by atoms with van der Waals surface area (Å²) >= 11 is 1.32. The van der Waals surface area contributed by atoms with Crippen LogP contribution in [0.5, 0.6) is 11.5 Å². The molecule has 3 aromatic rings. The summed E-state index contributed by atoms with van der Waals surface area (Å²) in [5, 5.41) is 22.6. The standard InChI is InChI=1S/C20H22N4O4S/c1-3-27-19-7-5-4-6-18(19)24-20(21-22-23-24)29-13-16(26)12-28-17-10-8-15(9-11-17)14(2)25/h4-11,16,26H,3,12-13H2,1-2H3. The molecule has 1 atom stereocenters. The van der Waals surface area contributed by atoms with Crippen LogP contribution >= 0.6 is 11.8 Å². The summed E-state index contributed by atoms with van der Waals surface area (Å²) < 4.78 is 12.8. The van der Waals surface area contributed by atoms with Crippen LogP contribution < -0.4 is 9.47 Å². The molecule has 152 valence electrons. The van der Waals surface area contributed by atoms with Gasteiger partial charge in [-0.15, -0.1) is 5.10 Å². The van der Waals surface area contributed by atoms with Crippen LogP contribution in [0.25, 0.3) is 5.69 Å². The lowest BCUT2D eigenvalue weighted by Crippen LogP contribution is -2.20. The third-order valence-corrected chi connectivity index (χ3v) is 5.01. The van der Waals surface area contributed by atoms with E-state index in [1.54, 1.807) is 28.9 Å². The molecule has 1 unspecified atom stereocenters. The summed E-state index contributed by atoms with van der Waals surface area (Å²) in [5.74, 6) is 1.62. The van der Waals surface area contributed by atoms with Gasteiger partial charge in [0.2, 0.25) is 5.16 Å². The van der Waals surface area contributed by atoms with Crippen LogP contribution in [0.2, 0.25) is 0 Å². The first-order chi connectivity index (χ1) is 14.1. The summed E-state index contributed by atoms with van der Waals surface area (Å²) in [6.07, 6.45) is -0.722. The summed E-state index contributed by atoms with van der Waals surface area (Å²) in [6.45, 7) is 4.07. The van der Waals surface area contributed by atoms with E-state index in [0.29, 0.717) is 34.6 Å². The van der Waals surface area contributed by atoms with Crippen molar-refractivity contribution in [2.24, 2.45) is 0 Å². The molecular formula is C20H22N4O4S. The molecule has 0 aliphatic heterocycles. The minimum atomic E-state index is -0.722. The SMILES string of the molecule is CCOc1ccccc1-n1nnnc1SCC(O)COc1ccc(C(C)=O)cc1. The molecule has 1 N–H and O–H groups in total. The fourth-order valence-electron chi connectivity index (χ4n) is 2.53. The number of carbonyl (C=O) groups is 1.